The van der Waals surface area contributed by atoms with Gasteiger partial charge in [-0.15, -0.1) is 0 Å². The normalized spacial score (nSPS) is 21.7. The van der Waals surface area contributed by atoms with Gasteiger partial charge < -0.3 is 10.6 Å². The summed E-state index contributed by atoms with van der Waals surface area (Å²) in [4.78, 5) is 29.6. The van der Waals surface area contributed by atoms with Crippen molar-refractivity contribution in [3.63, 3.8) is 0 Å². The summed E-state index contributed by atoms with van der Waals surface area (Å²) >= 11 is 0. The Kier molecular flexibility index (Phi) is 3.70. The zero-order chi connectivity index (χ0) is 18.6. The van der Waals surface area contributed by atoms with E-state index in [1.54, 1.807) is 6.08 Å². The van der Waals surface area contributed by atoms with Crippen LogP contribution in [0.25, 0.3) is 0 Å². The zero-order valence-electron chi connectivity index (χ0n) is 13.9. The lowest BCUT2D eigenvalue weighted by molar-refractivity contribution is -0.137. The highest BCUT2D eigenvalue weighted by Crippen LogP contribution is 2.47. The fraction of sp³-hybridized carbons (Fsp3) is 0.471. The molecule has 1 aromatic rings. The van der Waals surface area contributed by atoms with Crippen LogP contribution in [-0.2, 0) is 11.0 Å². The molecule has 0 unspecified atom stereocenters. The number of aromatic nitrogens is 1. The molecule has 1 spiro atoms. The average Bonchev–Trinajstić information content (AvgIpc) is 2.48. The Balaban J connectivity index is 1.72. The number of pyridine rings is 1. The highest BCUT2D eigenvalue weighted by Gasteiger charge is 2.52. The topological polar surface area (TPSA) is 76.3 Å². The highest BCUT2D eigenvalue weighted by atomic mass is 19.4. The van der Waals surface area contributed by atoms with Gasteiger partial charge in [-0.3, -0.25) is 14.6 Å². The number of Topliss-reactive ketones (excluding diaryl/α,β-unsaturated/α-hetero) is 1. The Morgan fingerprint density at radius 3 is 2.40 bits per heavy atom. The monoisotopic (exact) mass is 353 g/mol. The summed E-state index contributed by atoms with van der Waals surface area (Å²) in [6.45, 7) is 4.37. The van der Waals surface area contributed by atoms with Crippen molar-refractivity contribution in [2.75, 3.05) is 13.1 Å². The van der Waals surface area contributed by atoms with Crippen LogP contribution in [0.5, 0.6) is 0 Å². The van der Waals surface area contributed by atoms with Crippen LogP contribution >= 0.6 is 0 Å². The van der Waals surface area contributed by atoms with Crippen molar-refractivity contribution in [2.45, 2.75) is 26.4 Å². The van der Waals surface area contributed by atoms with E-state index >= 15 is 0 Å². The Morgan fingerprint density at radius 2 is 1.92 bits per heavy atom. The number of carbonyl (C=O) groups is 2. The van der Waals surface area contributed by atoms with Crippen LogP contribution < -0.4 is 5.73 Å². The third-order valence-corrected chi connectivity index (χ3v) is 4.74. The summed E-state index contributed by atoms with van der Waals surface area (Å²) < 4.78 is 37.7. The fourth-order valence-electron chi connectivity index (χ4n) is 3.71. The lowest BCUT2D eigenvalue weighted by Crippen LogP contribution is -2.61. The molecule has 2 heterocycles. The predicted octanol–water partition coefficient (Wildman–Crippen LogP) is 2.38. The number of hydrogen-bond donors (Lipinski definition) is 1. The first kappa shape index (κ1) is 17.4. The second-order valence-corrected chi connectivity index (χ2v) is 7.44. The quantitative estimate of drug-likeness (QED) is 0.841. The van der Waals surface area contributed by atoms with Gasteiger partial charge in [0.2, 0.25) is 0 Å². The average molecular weight is 353 g/mol. The summed E-state index contributed by atoms with van der Waals surface area (Å²) in [7, 11) is 0. The largest absolute Gasteiger partial charge is 0.417 e. The number of ketones is 1. The van der Waals surface area contributed by atoms with Gasteiger partial charge in [0.25, 0.3) is 5.91 Å². The van der Waals surface area contributed by atoms with Crippen molar-refractivity contribution in [1.29, 1.82) is 0 Å². The van der Waals surface area contributed by atoms with Crippen LogP contribution in [0.1, 0.15) is 36.3 Å². The lowest BCUT2D eigenvalue weighted by Gasteiger charge is -2.53. The zero-order valence-corrected chi connectivity index (χ0v) is 13.9. The van der Waals surface area contributed by atoms with Gasteiger partial charge in [-0.2, -0.15) is 13.2 Å². The summed E-state index contributed by atoms with van der Waals surface area (Å²) in [6.07, 6.45) is -1.55. The molecule has 2 aliphatic rings. The van der Waals surface area contributed by atoms with Gasteiger partial charge in [-0.25, -0.2) is 0 Å². The smallest absolute Gasteiger partial charge is 0.396 e. The molecule has 1 aliphatic heterocycles. The number of allylic oxidation sites excluding steroid dienone is 1. The first-order valence-corrected chi connectivity index (χ1v) is 7.79. The number of nitrogens with zero attached hydrogens (tertiary/aromatic N) is 2. The molecule has 134 valence electrons. The van der Waals surface area contributed by atoms with E-state index in [0.29, 0.717) is 25.7 Å². The van der Waals surface area contributed by atoms with E-state index in [0.717, 1.165) is 12.1 Å². The van der Waals surface area contributed by atoms with E-state index in [1.165, 1.54) is 4.90 Å². The van der Waals surface area contributed by atoms with Crippen molar-refractivity contribution >= 4 is 11.7 Å². The molecule has 3 rings (SSSR count). The Labute approximate surface area is 142 Å². The van der Waals surface area contributed by atoms with Crippen molar-refractivity contribution in [2.24, 2.45) is 16.6 Å². The number of alkyl halides is 3. The van der Waals surface area contributed by atoms with Crippen molar-refractivity contribution in [1.82, 2.24) is 9.88 Å². The minimum atomic E-state index is -4.49. The summed E-state index contributed by atoms with van der Waals surface area (Å²) in [5.41, 5.74) is 4.14. The second-order valence-electron chi connectivity index (χ2n) is 7.44. The van der Waals surface area contributed by atoms with E-state index in [4.69, 9.17) is 5.73 Å². The van der Waals surface area contributed by atoms with Gasteiger partial charge in [0, 0.05) is 30.1 Å². The number of amides is 1. The minimum Gasteiger partial charge on any atom is -0.396 e. The van der Waals surface area contributed by atoms with E-state index in [-0.39, 0.29) is 22.6 Å². The maximum Gasteiger partial charge on any atom is 0.417 e. The van der Waals surface area contributed by atoms with Gasteiger partial charge >= 0.3 is 6.18 Å². The molecule has 1 fully saturated rings. The maximum atomic E-state index is 12.6. The van der Waals surface area contributed by atoms with Crippen LogP contribution in [0.4, 0.5) is 13.2 Å². The molecule has 1 aromatic heterocycles. The summed E-state index contributed by atoms with van der Waals surface area (Å²) in [5.74, 6) is -0.534. The molecule has 0 saturated carbocycles. The van der Waals surface area contributed by atoms with Crippen LogP contribution in [0.15, 0.2) is 30.1 Å². The van der Waals surface area contributed by atoms with Crippen LogP contribution in [0.3, 0.4) is 0 Å². The molecule has 2 N–H and O–H groups in total. The number of likely N-dealkylation sites (tertiary alicyclic amines) is 1. The Morgan fingerprint density at radius 1 is 1.28 bits per heavy atom. The molecule has 1 saturated heterocycles. The van der Waals surface area contributed by atoms with Gasteiger partial charge in [0.1, 0.15) is 5.69 Å². The van der Waals surface area contributed by atoms with Crippen molar-refractivity contribution < 1.29 is 22.8 Å². The number of halogens is 3. The molecule has 5 nitrogen and oxygen atoms in total. The highest BCUT2D eigenvalue weighted by molar-refractivity contribution is 6.00. The minimum absolute atomic E-state index is 0.0362. The third kappa shape index (κ3) is 3.01. The van der Waals surface area contributed by atoms with Crippen LogP contribution in [-0.4, -0.2) is 34.7 Å². The maximum absolute atomic E-state index is 12.6. The number of carbonyl (C=O) groups excluding carboxylic acids is 2. The molecule has 0 radical (unpaired) electrons. The number of nitrogens with two attached hydrogens (primary N) is 1. The standard InChI is InChI=1S/C17H18F3N3O2/c1-15(2)7-16(5-11(21)13(15)24)8-23(9-16)14(25)12-4-3-10(6-22-12)17(18,19)20/h3-6H,7-9,21H2,1-2H3. The summed E-state index contributed by atoms with van der Waals surface area (Å²) in [6, 6.07) is 1.92. The van der Waals surface area contributed by atoms with Crippen molar-refractivity contribution in [3.05, 3.63) is 41.4 Å². The van der Waals surface area contributed by atoms with E-state index in [2.05, 4.69) is 4.98 Å². The molecule has 25 heavy (non-hydrogen) atoms. The molecule has 0 bridgehead atoms. The molecular weight excluding hydrogens is 335 g/mol. The van der Waals surface area contributed by atoms with Gasteiger partial charge in [0.05, 0.1) is 11.3 Å². The molecular formula is C17H18F3N3O2. The number of hydrogen-bond acceptors (Lipinski definition) is 4. The van der Waals surface area contributed by atoms with Crippen LogP contribution in [0, 0.1) is 10.8 Å². The van der Waals surface area contributed by atoms with Gasteiger partial charge in [-0.1, -0.05) is 13.8 Å². The molecule has 1 amide bonds. The third-order valence-electron chi connectivity index (χ3n) is 4.74. The van der Waals surface area contributed by atoms with Crippen LogP contribution in [0.2, 0.25) is 0 Å². The van der Waals surface area contributed by atoms with E-state index in [9.17, 15) is 22.8 Å². The number of rotatable bonds is 1. The predicted molar refractivity (Wildman–Crippen MR) is 83.3 cm³/mol. The Bertz CT molecular complexity index is 760. The molecule has 1 aliphatic carbocycles. The van der Waals surface area contributed by atoms with Gasteiger partial charge in [-0.05, 0) is 24.6 Å². The fourth-order valence-corrected chi connectivity index (χ4v) is 3.71. The van der Waals surface area contributed by atoms with E-state index in [1.807, 2.05) is 13.8 Å². The molecule has 8 heteroatoms. The first-order chi connectivity index (χ1) is 11.4. The van der Waals surface area contributed by atoms with Gasteiger partial charge in [0.15, 0.2) is 5.78 Å². The molecule has 0 aromatic carbocycles. The second kappa shape index (κ2) is 5.31. The molecule has 0 atom stereocenters. The Hall–Kier alpha value is -2.38. The van der Waals surface area contributed by atoms with Crippen molar-refractivity contribution in [3.8, 4) is 0 Å². The van der Waals surface area contributed by atoms with E-state index < -0.39 is 23.1 Å². The summed E-state index contributed by atoms with van der Waals surface area (Å²) in [5, 5.41) is 0. The first-order valence-electron chi connectivity index (χ1n) is 7.79. The lowest BCUT2D eigenvalue weighted by atomic mass is 9.62. The SMILES string of the molecule is CC1(C)CC2(C=C(N)C1=O)CN(C(=O)c1ccc(C(F)(F)F)cn1)C2.